The lowest BCUT2D eigenvalue weighted by atomic mass is 10.2. The van der Waals surface area contributed by atoms with E-state index >= 15 is 0 Å². The van der Waals surface area contributed by atoms with E-state index in [9.17, 15) is 4.79 Å². The molecule has 0 aromatic rings. The molecule has 0 aromatic carbocycles. The van der Waals surface area contributed by atoms with E-state index in [1.807, 2.05) is 4.90 Å². The topological polar surface area (TPSA) is 47.6 Å². The van der Waals surface area contributed by atoms with Gasteiger partial charge in [0.2, 0.25) is 0 Å². The fourth-order valence-electron chi connectivity index (χ4n) is 2.19. The molecule has 2 fully saturated rings. The summed E-state index contributed by atoms with van der Waals surface area (Å²) in [4.78, 5) is 15.7. The first kappa shape index (κ1) is 10.7. The number of nitrogens with one attached hydrogen (secondary N) is 2. The molecule has 2 aliphatic heterocycles. The lowest BCUT2D eigenvalue weighted by Gasteiger charge is -2.34. The van der Waals surface area contributed by atoms with Gasteiger partial charge in [-0.25, -0.2) is 4.79 Å². The molecule has 5 heteroatoms. The molecule has 2 rings (SSSR count). The maximum atomic E-state index is 11.3. The number of hydrogen-bond acceptors (Lipinski definition) is 3. The SMILES string of the molecule is CC1CNCCN1CCN1CCNC1=O. The van der Waals surface area contributed by atoms with Crippen LogP contribution in [0.5, 0.6) is 0 Å². The fraction of sp³-hybridized carbons (Fsp3) is 0.900. The third kappa shape index (κ3) is 2.60. The Morgan fingerprint density at radius 1 is 1.33 bits per heavy atom. The number of piperazine rings is 1. The second-order valence-corrected chi connectivity index (χ2v) is 4.31. The fourth-order valence-corrected chi connectivity index (χ4v) is 2.19. The van der Waals surface area contributed by atoms with Crippen molar-refractivity contribution in [3.63, 3.8) is 0 Å². The zero-order chi connectivity index (χ0) is 10.7. The molecule has 86 valence electrons. The van der Waals surface area contributed by atoms with Crippen LogP contribution in [0.2, 0.25) is 0 Å². The number of urea groups is 1. The van der Waals surface area contributed by atoms with Gasteiger partial charge in [0.05, 0.1) is 0 Å². The summed E-state index contributed by atoms with van der Waals surface area (Å²) in [6.07, 6.45) is 0. The van der Waals surface area contributed by atoms with Gasteiger partial charge in [-0.05, 0) is 6.92 Å². The van der Waals surface area contributed by atoms with Crippen LogP contribution >= 0.6 is 0 Å². The van der Waals surface area contributed by atoms with Gasteiger partial charge in [0.1, 0.15) is 0 Å². The predicted octanol–water partition coefficient (Wildman–Crippen LogP) is -0.695. The van der Waals surface area contributed by atoms with Gasteiger partial charge in [0, 0.05) is 51.9 Å². The van der Waals surface area contributed by atoms with Crippen molar-refractivity contribution in [2.24, 2.45) is 0 Å². The smallest absolute Gasteiger partial charge is 0.317 e. The van der Waals surface area contributed by atoms with E-state index in [1.54, 1.807) is 0 Å². The summed E-state index contributed by atoms with van der Waals surface area (Å²) in [5.74, 6) is 0. The highest BCUT2D eigenvalue weighted by Gasteiger charge is 2.22. The monoisotopic (exact) mass is 212 g/mol. The van der Waals surface area contributed by atoms with Crippen molar-refractivity contribution >= 4 is 6.03 Å². The minimum Gasteiger partial charge on any atom is -0.336 e. The summed E-state index contributed by atoms with van der Waals surface area (Å²) in [6.45, 7) is 8.97. The van der Waals surface area contributed by atoms with Gasteiger partial charge in [0.25, 0.3) is 0 Å². The Morgan fingerprint density at radius 3 is 2.87 bits per heavy atom. The van der Waals surface area contributed by atoms with Crippen LogP contribution in [0.3, 0.4) is 0 Å². The van der Waals surface area contributed by atoms with Crippen molar-refractivity contribution in [1.29, 1.82) is 0 Å². The average Bonchev–Trinajstić information content (AvgIpc) is 2.63. The Hall–Kier alpha value is -0.810. The normalized spacial score (nSPS) is 28.2. The van der Waals surface area contributed by atoms with Gasteiger partial charge in [-0.2, -0.15) is 0 Å². The van der Waals surface area contributed by atoms with Crippen LogP contribution in [0.25, 0.3) is 0 Å². The van der Waals surface area contributed by atoms with Gasteiger partial charge in [-0.15, -0.1) is 0 Å². The molecule has 5 nitrogen and oxygen atoms in total. The minimum absolute atomic E-state index is 0.0952. The van der Waals surface area contributed by atoms with Gasteiger partial charge in [0.15, 0.2) is 0 Å². The van der Waals surface area contributed by atoms with E-state index in [-0.39, 0.29) is 6.03 Å². The summed E-state index contributed by atoms with van der Waals surface area (Å²) >= 11 is 0. The Kier molecular flexibility index (Phi) is 3.43. The zero-order valence-corrected chi connectivity index (χ0v) is 9.33. The van der Waals surface area contributed by atoms with E-state index in [1.165, 1.54) is 0 Å². The molecule has 0 aliphatic carbocycles. The molecule has 15 heavy (non-hydrogen) atoms. The zero-order valence-electron chi connectivity index (χ0n) is 9.33. The van der Waals surface area contributed by atoms with Crippen molar-refractivity contribution in [3.8, 4) is 0 Å². The first-order valence-corrected chi connectivity index (χ1v) is 5.75. The lowest BCUT2D eigenvalue weighted by Crippen LogP contribution is -2.51. The van der Waals surface area contributed by atoms with E-state index in [4.69, 9.17) is 0 Å². The van der Waals surface area contributed by atoms with Crippen LogP contribution in [0.1, 0.15) is 6.92 Å². The molecule has 2 amide bonds. The summed E-state index contributed by atoms with van der Waals surface area (Å²) in [6, 6.07) is 0.683. The number of carbonyl (C=O) groups excluding carboxylic acids is 1. The summed E-state index contributed by atoms with van der Waals surface area (Å²) in [5, 5.41) is 6.19. The van der Waals surface area contributed by atoms with Crippen LogP contribution in [0.4, 0.5) is 4.79 Å². The van der Waals surface area contributed by atoms with Crippen LogP contribution in [-0.4, -0.2) is 67.7 Å². The summed E-state index contributed by atoms with van der Waals surface area (Å²) in [5.41, 5.74) is 0. The minimum atomic E-state index is 0.0952. The maximum absolute atomic E-state index is 11.3. The highest BCUT2D eigenvalue weighted by atomic mass is 16.2. The van der Waals surface area contributed by atoms with Crippen LogP contribution in [0, 0.1) is 0 Å². The molecule has 1 atom stereocenters. The lowest BCUT2D eigenvalue weighted by molar-refractivity contribution is 0.154. The molecule has 0 saturated carbocycles. The first-order chi connectivity index (χ1) is 7.27. The third-order valence-electron chi connectivity index (χ3n) is 3.24. The van der Waals surface area contributed by atoms with Crippen molar-refractivity contribution < 1.29 is 4.79 Å². The number of nitrogens with zero attached hydrogens (tertiary/aromatic N) is 2. The van der Waals surface area contributed by atoms with Crippen molar-refractivity contribution in [2.75, 3.05) is 45.8 Å². The largest absolute Gasteiger partial charge is 0.336 e. The van der Waals surface area contributed by atoms with Crippen LogP contribution in [0.15, 0.2) is 0 Å². The quantitative estimate of drug-likeness (QED) is 0.651. The number of carbonyl (C=O) groups is 1. The van der Waals surface area contributed by atoms with Crippen molar-refractivity contribution in [3.05, 3.63) is 0 Å². The van der Waals surface area contributed by atoms with Crippen LogP contribution < -0.4 is 10.6 Å². The molecule has 2 aliphatic rings. The number of hydrogen-bond donors (Lipinski definition) is 2. The molecule has 2 heterocycles. The van der Waals surface area contributed by atoms with Crippen molar-refractivity contribution in [2.45, 2.75) is 13.0 Å². The summed E-state index contributed by atoms with van der Waals surface area (Å²) in [7, 11) is 0. The molecule has 0 spiro atoms. The predicted molar refractivity (Wildman–Crippen MR) is 58.9 cm³/mol. The molecular formula is C10H20N4O. The first-order valence-electron chi connectivity index (χ1n) is 5.75. The Labute approximate surface area is 90.8 Å². The maximum Gasteiger partial charge on any atom is 0.317 e. The molecule has 0 aromatic heterocycles. The third-order valence-corrected chi connectivity index (χ3v) is 3.24. The second kappa shape index (κ2) is 4.81. The van der Waals surface area contributed by atoms with E-state index < -0.39 is 0 Å². The Bertz CT molecular complexity index is 233. The second-order valence-electron chi connectivity index (χ2n) is 4.31. The van der Waals surface area contributed by atoms with Gasteiger partial charge >= 0.3 is 6.03 Å². The molecule has 0 bridgehead atoms. The Morgan fingerprint density at radius 2 is 2.20 bits per heavy atom. The molecule has 0 radical (unpaired) electrons. The van der Waals surface area contributed by atoms with E-state index in [2.05, 4.69) is 22.5 Å². The molecular weight excluding hydrogens is 192 g/mol. The standard InChI is InChI=1S/C10H20N4O/c1-9-8-11-2-4-13(9)6-7-14-5-3-12-10(14)15/h9,11H,2-8H2,1H3,(H,12,15). The number of amides is 2. The molecule has 2 saturated heterocycles. The summed E-state index contributed by atoms with van der Waals surface area (Å²) < 4.78 is 0. The van der Waals surface area contributed by atoms with Gasteiger partial charge < -0.3 is 15.5 Å². The highest BCUT2D eigenvalue weighted by Crippen LogP contribution is 2.03. The van der Waals surface area contributed by atoms with Gasteiger partial charge in [-0.1, -0.05) is 0 Å². The van der Waals surface area contributed by atoms with Crippen LogP contribution in [-0.2, 0) is 0 Å². The van der Waals surface area contributed by atoms with Gasteiger partial charge in [-0.3, -0.25) is 4.90 Å². The molecule has 1 unspecified atom stereocenters. The average molecular weight is 212 g/mol. The van der Waals surface area contributed by atoms with Crippen molar-refractivity contribution in [1.82, 2.24) is 20.4 Å². The molecule has 2 N–H and O–H groups in total. The highest BCUT2D eigenvalue weighted by molar-refractivity contribution is 5.76. The Balaban J connectivity index is 1.74. The van der Waals surface area contributed by atoms with E-state index in [0.717, 1.165) is 45.8 Å². The van der Waals surface area contributed by atoms with E-state index in [0.29, 0.717) is 6.04 Å². The number of rotatable bonds is 3.